The molecule has 1 aliphatic rings. The van der Waals surface area contributed by atoms with Crippen molar-refractivity contribution in [3.8, 4) is 5.75 Å². The summed E-state index contributed by atoms with van der Waals surface area (Å²) in [5.74, 6) is 1.91. The number of aromatic nitrogens is 2. The molecule has 3 aromatic rings. The lowest BCUT2D eigenvalue weighted by atomic mass is 10.1. The van der Waals surface area contributed by atoms with Crippen molar-refractivity contribution in [2.45, 2.75) is 25.1 Å². The van der Waals surface area contributed by atoms with Crippen LogP contribution in [0.5, 0.6) is 5.75 Å². The first kappa shape index (κ1) is 22.4. The maximum Gasteiger partial charge on any atom is 0.154 e. The van der Waals surface area contributed by atoms with Gasteiger partial charge in [0.1, 0.15) is 17.4 Å². The lowest BCUT2D eigenvalue weighted by Gasteiger charge is -2.25. The summed E-state index contributed by atoms with van der Waals surface area (Å²) in [6.45, 7) is 1.000. The molecule has 0 radical (unpaired) electrons. The largest absolute Gasteiger partial charge is 0.496 e. The summed E-state index contributed by atoms with van der Waals surface area (Å²) in [7, 11) is 0.236. The van der Waals surface area contributed by atoms with Crippen LogP contribution in [0.25, 0.3) is 10.9 Å². The van der Waals surface area contributed by atoms with Gasteiger partial charge in [0.25, 0.3) is 0 Å². The number of nitrogens with zero attached hydrogens (tertiary/aromatic N) is 3. The fourth-order valence-electron chi connectivity index (χ4n) is 4.13. The van der Waals surface area contributed by atoms with Gasteiger partial charge in [-0.05, 0) is 37.2 Å². The van der Waals surface area contributed by atoms with Gasteiger partial charge in [-0.15, -0.1) is 0 Å². The van der Waals surface area contributed by atoms with Crippen LogP contribution in [0.4, 0.5) is 5.82 Å². The van der Waals surface area contributed by atoms with Crippen LogP contribution in [0.2, 0.25) is 0 Å². The second-order valence-corrected chi connectivity index (χ2v) is 10.3. The summed E-state index contributed by atoms with van der Waals surface area (Å²) in [4.78, 5) is 11.2. The summed E-state index contributed by atoms with van der Waals surface area (Å²) >= 11 is 0. The molecule has 2 aromatic carbocycles. The number of aliphatic hydroxyl groups excluding tert-OH is 1. The van der Waals surface area contributed by atoms with E-state index in [0.29, 0.717) is 18.9 Å². The van der Waals surface area contributed by atoms with Crippen LogP contribution < -0.4 is 10.1 Å². The third-order valence-electron chi connectivity index (χ3n) is 5.78. The molecule has 2 atom stereocenters. The summed E-state index contributed by atoms with van der Waals surface area (Å²) in [6.07, 6.45) is -0.132. The molecule has 2 N–H and O–H groups in total. The molecule has 1 saturated heterocycles. The summed E-state index contributed by atoms with van der Waals surface area (Å²) in [5, 5.41) is 14.5. The zero-order valence-electron chi connectivity index (χ0n) is 18.2. The molecule has 1 aliphatic heterocycles. The molecule has 0 amide bonds. The molecule has 2 heterocycles. The lowest BCUT2D eigenvalue weighted by molar-refractivity contribution is 0.0944. The van der Waals surface area contributed by atoms with Crippen molar-refractivity contribution < 1.29 is 18.3 Å². The van der Waals surface area contributed by atoms with E-state index in [1.807, 2.05) is 53.4 Å². The Morgan fingerprint density at radius 2 is 1.88 bits per heavy atom. The van der Waals surface area contributed by atoms with E-state index in [0.717, 1.165) is 34.5 Å². The number of rotatable bonds is 8. The van der Waals surface area contributed by atoms with Gasteiger partial charge < -0.3 is 15.2 Å². The standard InChI is InChI=1S/C23H28N4O4S/c1-27(19-14-32(29,30)15-20(19)28)13-22-25-18-9-5-4-8-17(18)23(26-22)24-12-11-16-7-3-6-10-21(16)31-2/h3-10,19-20,28H,11-15H2,1-2H3,(H,24,25,26). The lowest BCUT2D eigenvalue weighted by Crippen LogP contribution is -2.40. The van der Waals surface area contributed by atoms with E-state index in [1.165, 1.54) is 0 Å². The maximum atomic E-state index is 11.9. The zero-order chi connectivity index (χ0) is 22.7. The van der Waals surface area contributed by atoms with Gasteiger partial charge in [-0.1, -0.05) is 30.3 Å². The number of aliphatic hydroxyl groups is 1. The maximum absolute atomic E-state index is 11.9. The summed E-state index contributed by atoms with van der Waals surface area (Å²) in [5.41, 5.74) is 1.92. The minimum atomic E-state index is -3.22. The van der Waals surface area contributed by atoms with E-state index in [2.05, 4.69) is 10.3 Å². The fourth-order valence-corrected chi connectivity index (χ4v) is 6.00. The zero-order valence-corrected chi connectivity index (χ0v) is 19.0. The molecule has 0 bridgehead atoms. The van der Waals surface area contributed by atoms with E-state index < -0.39 is 22.0 Å². The molecule has 8 nitrogen and oxygen atoms in total. The molecule has 170 valence electrons. The van der Waals surface area contributed by atoms with E-state index >= 15 is 0 Å². The summed E-state index contributed by atoms with van der Waals surface area (Å²) < 4.78 is 29.2. The van der Waals surface area contributed by atoms with Gasteiger partial charge in [0.15, 0.2) is 9.84 Å². The Hall–Kier alpha value is -2.75. The first-order valence-corrected chi connectivity index (χ1v) is 12.4. The average Bonchev–Trinajstić information content (AvgIpc) is 3.06. The Morgan fingerprint density at radius 1 is 1.12 bits per heavy atom. The number of nitrogens with one attached hydrogen (secondary N) is 1. The number of hydrogen-bond acceptors (Lipinski definition) is 8. The smallest absolute Gasteiger partial charge is 0.154 e. The Kier molecular flexibility index (Phi) is 6.59. The van der Waals surface area contributed by atoms with Gasteiger partial charge >= 0.3 is 0 Å². The first-order valence-electron chi connectivity index (χ1n) is 10.6. The third kappa shape index (κ3) is 5.01. The van der Waals surface area contributed by atoms with Crippen molar-refractivity contribution in [2.75, 3.05) is 37.5 Å². The van der Waals surface area contributed by atoms with Gasteiger partial charge in [-0.3, -0.25) is 4.90 Å². The number of sulfone groups is 1. The van der Waals surface area contributed by atoms with Crippen LogP contribution in [0, 0.1) is 0 Å². The minimum absolute atomic E-state index is 0.0533. The van der Waals surface area contributed by atoms with Gasteiger partial charge in [0, 0.05) is 11.9 Å². The molecule has 0 spiro atoms. The van der Waals surface area contributed by atoms with Gasteiger partial charge in [0.05, 0.1) is 42.8 Å². The minimum Gasteiger partial charge on any atom is -0.496 e. The van der Waals surface area contributed by atoms with E-state index in [1.54, 1.807) is 14.2 Å². The molecule has 32 heavy (non-hydrogen) atoms. The molecule has 2 unspecified atom stereocenters. The highest BCUT2D eigenvalue weighted by atomic mass is 32.2. The predicted molar refractivity (Wildman–Crippen MR) is 125 cm³/mol. The van der Waals surface area contributed by atoms with Crippen molar-refractivity contribution in [3.05, 3.63) is 59.9 Å². The molecule has 0 aliphatic carbocycles. The highest BCUT2D eigenvalue weighted by Crippen LogP contribution is 2.23. The average molecular weight is 457 g/mol. The Labute approximate surface area is 188 Å². The Balaban J connectivity index is 1.52. The second kappa shape index (κ2) is 9.40. The van der Waals surface area contributed by atoms with Crippen LogP contribution in [0.3, 0.4) is 0 Å². The van der Waals surface area contributed by atoms with Crippen LogP contribution in [0.15, 0.2) is 48.5 Å². The van der Waals surface area contributed by atoms with Crippen LogP contribution >= 0.6 is 0 Å². The SMILES string of the molecule is COc1ccccc1CCNc1nc(CN(C)C2CS(=O)(=O)CC2O)nc2ccccc12. The van der Waals surface area contributed by atoms with Crippen LogP contribution in [-0.2, 0) is 22.8 Å². The van der Waals surface area contributed by atoms with E-state index in [-0.39, 0.29) is 11.5 Å². The number of methoxy groups -OCH3 is 1. The highest BCUT2D eigenvalue weighted by molar-refractivity contribution is 7.91. The number of anilines is 1. The molecule has 1 fully saturated rings. The van der Waals surface area contributed by atoms with E-state index in [4.69, 9.17) is 9.72 Å². The quantitative estimate of drug-likeness (QED) is 0.530. The number of ether oxygens (including phenoxy) is 1. The van der Waals surface area contributed by atoms with Crippen molar-refractivity contribution >= 4 is 26.6 Å². The normalized spacial score (nSPS) is 20.0. The van der Waals surface area contributed by atoms with Gasteiger partial charge in [-0.25, -0.2) is 18.4 Å². The van der Waals surface area contributed by atoms with Gasteiger partial charge in [-0.2, -0.15) is 0 Å². The van der Waals surface area contributed by atoms with Crippen molar-refractivity contribution in [3.63, 3.8) is 0 Å². The van der Waals surface area contributed by atoms with Crippen LogP contribution in [-0.4, -0.2) is 72.7 Å². The van der Waals surface area contributed by atoms with Crippen molar-refractivity contribution in [1.29, 1.82) is 0 Å². The van der Waals surface area contributed by atoms with Crippen molar-refractivity contribution in [1.82, 2.24) is 14.9 Å². The van der Waals surface area contributed by atoms with E-state index in [9.17, 15) is 13.5 Å². The fraction of sp³-hybridized carbons (Fsp3) is 0.391. The van der Waals surface area contributed by atoms with Gasteiger partial charge in [0.2, 0.25) is 0 Å². The van der Waals surface area contributed by atoms with Crippen LogP contribution in [0.1, 0.15) is 11.4 Å². The number of hydrogen-bond donors (Lipinski definition) is 2. The molecule has 4 rings (SSSR count). The molecule has 9 heteroatoms. The Bertz CT molecular complexity index is 1200. The number of benzene rings is 2. The highest BCUT2D eigenvalue weighted by Gasteiger charge is 2.38. The molecular formula is C23H28N4O4S. The monoisotopic (exact) mass is 456 g/mol. The number of likely N-dealkylation sites (N-methyl/N-ethyl adjacent to an activating group) is 1. The number of para-hydroxylation sites is 2. The topological polar surface area (TPSA) is 105 Å². The molecule has 0 saturated carbocycles. The third-order valence-corrected chi connectivity index (χ3v) is 7.48. The second-order valence-electron chi connectivity index (χ2n) is 8.12. The number of fused-ring (bicyclic) bond motifs is 1. The first-order chi connectivity index (χ1) is 15.4. The molecular weight excluding hydrogens is 428 g/mol. The Morgan fingerprint density at radius 3 is 2.62 bits per heavy atom. The molecule has 1 aromatic heterocycles. The van der Waals surface area contributed by atoms with Crippen molar-refractivity contribution in [2.24, 2.45) is 0 Å². The predicted octanol–water partition coefficient (Wildman–Crippen LogP) is 1.88. The summed E-state index contributed by atoms with van der Waals surface area (Å²) in [6, 6.07) is 15.2.